The molecule has 0 aliphatic heterocycles. The molecular formula is C13H14N4O2S2. The molecule has 2 aromatic heterocycles. The Labute approximate surface area is 129 Å². The predicted octanol–water partition coefficient (Wildman–Crippen LogP) is 1.17. The monoisotopic (exact) mass is 322 g/mol. The molecule has 0 spiro atoms. The molecule has 2 N–H and O–H groups in total. The van der Waals surface area contributed by atoms with Crippen LogP contribution >= 0.6 is 22.7 Å². The molecule has 21 heavy (non-hydrogen) atoms. The van der Waals surface area contributed by atoms with Gasteiger partial charge in [-0.25, -0.2) is 9.97 Å². The van der Waals surface area contributed by atoms with Gasteiger partial charge in [0, 0.05) is 10.8 Å². The number of carbonyl (C=O) groups excluding carboxylic acids is 2. The van der Waals surface area contributed by atoms with E-state index in [1.54, 1.807) is 11.0 Å². The molecule has 0 unspecified atom stereocenters. The largest absolute Gasteiger partial charge is 0.350 e. The average Bonchev–Trinajstić information content (AvgIpc) is 2.91. The number of aromatic nitrogens is 2. The maximum atomic E-state index is 11.9. The number of hydrogen-bond acceptors (Lipinski definition) is 6. The number of nitrogens with zero attached hydrogens (tertiary/aromatic N) is 2. The second-order valence-electron chi connectivity index (χ2n) is 4.84. The van der Waals surface area contributed by atoms with Crippen LogP contribution < -0.4 is 10.6 Å². The SMILES string of the molecule is O=C(NCc1cscn1)[C@@H]1C[C@H]1C(=O)NCc1cscn1. The number of nitrogens with one attached hydrogen (secondary N) is 2. The van der Waals surface area contributed by atoms with Crippen LogP contribution in [-0.4, -0.2) is 21.8 Å². The van der Waals surface area contributed by atoms with E-state index in [4.69, 9.17) is 0 Å². The lowest BCUT2D eigenvalue weighted by atomic mass is 10.2. The molecule has 0 bridgehead atoms. The summed E-state index contributed by atoms with van der Waals surface area (Å²) in [5.41, 5.74) is 5.15. The first-order chi connectivity index (χ1) is 10.2. The molecule has 6 nitrogen and oxygen atoms in total. The molecule has 110 valence electrons. The summed E-state index contributed by atoms with van der Waals surface area (Å²) in [6.45, 7) is 0.845. The zero-order chi connectivity index (χ0) is 14.7. The maximum Gasteiger partial charge on any atom is 0.224 e. The van der Waals surface area contributed by atoms with Gasteiger partial charge in [-0.2, -0.15) is 0 Å². The number of amides is 2. The molecule has 0 saturated heterocycles. The maximum absolute atomic E-state index is 11.9. The fraction of sp³-hybridized carbons (Fsp3) is 0.385. The van der Waals surface area contributed by atoms with Gasteiger partial charge in [-0.15, -0.1) is 22.7 Å². The number of hydrogen-bond donors (Lipinski definition) is 2. The third-order valence-corrected chi connectivity index (χ3v) is 4.59. The minimum atomic E-state index is -0.209. The second kappa shape index (κ2) is 6.31. The van der Waals surface area contributed by atoms with Gasteiger partial charge in [-0.1, -0.05) is 0 Å². The molecule has 1 aliphatic carbocycles. The van der Waals surface area contributed by atoms with Crippen molar-refractivity contribution in [2.45, 2.75) is 19.5 Å². The fourth-order valence-electron chi connectivity index (χ4n) is 2.04. The second-order valence-corrected chi connectivity index (χ2v) is 6.28. The zero-order valence-electron chi connectivity index (χ0n) is 11.1. The number of rotatable bonds is 6. The molecule has 0 radical (unpaired) electrons. The van der Waals surface area contributed by atoms with Gasteiger partial charge in [0.15, 0.2) is 0 Å². The van der Waals surface area contributed by atoms with Crippen molar-refractivity contribution in [3.63, 3.8) is 0 Å². The summed E-state index contributed by atoms with van der Waals surface area (Å²) in [6.07, 6.45) is 0.617. The van der Waals surface area contributed by atoms with Gasteiger partial charge in [0.2, 0.25) is 11.8 Å². The highest BCUT2D eigenvalue weighted by atomic mass is 32.1. The summed E-state index contributed by atoms with van der Waals surface area (Å²) in [5, 5.41) is 9.42. The van der Waals surface area contributed by atoms with Gasteiger partial charge in [-0.05, 0) is 6.42 Å². The quantitative estimate of drug-likeness (QED) is 0.836. The van der Waals surface area contributed by atoms with Crippen LogP contribution in [0.25, 0.3) is 0 Å². The standard InChI is InChI=1S/C13H14N4O2S2/c18-12(14-2-8-4-20-6-16-8)10-1-11(10)13(19)15-3-9-5-21-7-17-9/h4-7,10-11H,1-3H2,(H,14,18)(H,15,19)/t10-,11-/m1/s1. The van der Waals surface area contributed by atoms with Crippen LogP contribution in [0.2, 0.25) is 0 Å². The Morgan fingerprint density at radius 1 is 1.00 bits per heavy atom. The van der Waals surface area contributed by atoms with Crippen molar-refractivity contribution in [3.05, 3.63) is 33.2 Å². The van der Waals surface area contributed by atoms with E-state index in [0.29, 0.717) is 19.5 Å². The normalized spacial score (nSPS) is 20.0. The van der Waals surface area contributed by atoms with E-state index >= 15 is 0 Å². The topological polar surface area (TPSA) is 84.0 Å². The molecule has 2 aromatic rings. The molecule has 1 saturated carbocycles. The van der Waals surface area contributed by atoms with Crippen LogP contribution in [0, 0.1) is 11.8 Å². The van der Waals surface area contributed by atoms with Crippen LogP contribution in [0.15, 0.2) is 21.8 Å². The molecule has 2 heterocycles. The van der Waals surface area contributed by atoms with E-state index in [-0.39, 0.29) is 23.7 Å². The van der Waals surface area contributed by atoms with E-state index in [1.807, 2.05) is 10.8 Å². The molecule has 0 aromatic carbocycles. The van der Waals surface area contributed by atoms with Gasteiger partial charge >= 0.3 is 0 Å². The summed E-state index contributed by atoms with van der Waals surface area (Å²) in [6, 6.07) is 0. The van der Waals surface area contributed by atoms with Gasteiger partial charge < -0.3 is 10.6 Å². The van der Waals surface area contributed by atoms with Crippen molar-refractivity contribution >= 4 is 34.5 Å². The van der Waals surface area contributed by atoms with Crippen LogP contribution in [0.3, 0.4) is 0 Å². The Balaban J connectivity index is 1.40. The third-order valence-electron chi connectivity index (χ3n) is 3.32. The molecule has 1 fully saturated rings. The fourth-order valence-corrected chi connectivity index (χ4v) is 3.16. The molecule has 2 atom stereocenters. The third kappa shape index (κ3) is 3.64. The predicted molar refractivity (Wildman–Crippen MR) is 79.5 cm³/mol. The van der Waals surface area contributed by atoms with Crippen molar-refractivity contribution in [1.29, 1.82) is 0 Å². The van der Waals surface area contributed by atoms with Gasteiger partial charge in [0.25, 0.3) is 0 Å². The molecule has 3 rings (SSSR count). The van der Waals surface area contributed by atoms with E-state index in [9.17, 15) is 9.59 Å². The highest BCUT2D eigenvalue weighted by molar-refractivity contribution is 7.07. The summed E-state index contributed by atoms with van der Waals surface area (Å²) in [7, 11) is 0. The molecule has 1 aliphatic rings. The summed E-state index contributed by atoms with van der Waals surface area (Å²) >= 11 is 2.99. The lowest BCUT2D eigenvalue weighted by Gasteiger charge is -2.04. The van der Waals surface area contributed by atoms with Crippen molar-refractivity contribution in [2.75, 3.05) is 0 Å². The summed E-state index contributed by atoms with van der Waals surface area (Å²) in [4.78, 5) is 32.0. The van der Waals surface area contributed by atoms with Crippen LogP contribution in [0.5, 0.6) is 0 Å². The van der Waals surface area contributed by atoms with Gasteiger partial charge in [0.1, 0.15) is 0 Å². The first-order valence-electron chi connectivity index (χ1n) is 6.53. The first-order valence-corrected chi connectivity index (χ1v) is 8.42. The Bertz CT molecular complexity index is 558. The Kier molecular flexibility index (Phi) is 4.26. The van der Waals surface area contributed by atoms with Crippen LogP contribution in [-0.2, 0) is 22.7 Å². The number of carbonyl (C=O) groups is 2. The van der Waals surface area contributed by atoms with Crippen molar-refractivity contribution in [2.24, 2.45) is 11.8 Å². The van der Waals surface area contributed by atoms with Crippen LogP contribution in [0.4, 0.5) is 0 Å². The lowest BCUT2D eigenvalue weighted by Crippen LogP contribution is -2.29. The zero-order valence-corrected chi connectivity index (χ0v) is 12.7. The molecule has 8 heteroatoms. The number of thiazole rings is 2. The molecule has 2 amide bonds. The smallest absolute Gasteiger partial charge is 0.224 e. The van der Waals surface area contributed by atoms with Crippen molar-refractivity contribution in [1.82, 2.24) is 20.6 Å². The average molecular weight is 322 g/mol. The van der Waals surface area contributed by atoms with E-state index in [1.165, 1.54) is 22.7 Å². The summed E-state index contributed by atoms with van der Waals surface area (Å²) in [5.74, 6) is -0.563. The van der Waals surface area contributed by atoms with E-state index < -0.39 is 0 Å². The Hall–Kier alpha value is -1.80. The van der Waals surface area contributed by atoms with Gasteiger partial charge in [-0.3, -0.25) is 9.59 Å². The highest BCUT2D eigenvalue weighted by Crippen LogP contribution is 2.38. The van der Waals surface area contributed by atoms with Crippen LogP contribution in [0.1, 0.15) is 17.8 Å². The van der Waals surface area contributed by atoms with Gasteiger partial charge in [0.05, 0.1) is 47.3 Å². The lowest BCUT2D eigenvalue weighted by molar-refractivity contribution is -0.127. The van der Waals surface area contributed by atoms with Crippen molar-refractivity contribution < 1.29 is 9.59 Å². The minimum Gasteiger partial charge on any atom is -0.350 e. The van der Waals surface area contributed by atoms with Crippen molar-refractivity contribution in [3.8, 4) is 0 Å². The first kappa shape index (κ1) is 14.2. The molecular weight excluding hydrogens is 308 g/mol. The Morgan fingerprint density at radius 2 is 1.48 bits per heavy atom. The van der Waals surface area contributed by atoms with E-state index in [2.05, 4.69) is 20.6 Å². The Morgan fingerprint density at radius 3 is 1.86 bits per heavy atom. The summed E-state index contributed by atoms with van der Waals surface area (Å²) < 4.78 is 0. The highest BCUT2D eigenvalue weighted by Gasteiger charge is 2.47. The minimum absolute atomic E-state index is 0.0724. The van der Waals surface area contributed by atoms with E-state index in [0.717, 1.165) is 11.4 Å².